The van der Waals surface area contributed by atoms with Gasteiger partial charge in [0, 0.05) is 0 Å². The van der Waals surface area contributed by atoms with Gasteiger partial charge in [0.05, 0.1) is 23.6 Å². The zero-order chi connectivity index (χ0) is 20.1. The number of H-pyrrole nitrogens is 1. The minimum Gasteiger partial charge on any atom is -0.493 e. The van der Waals surface area contributed by atoms with Crippen LogP contribution in [-0.4, -0.2) is 29.7 Å². The van der Waals surface area contributed by atoms with Crippen LogP contribution in [0.5, 0.6) is 11.5 Å². The van der Waals surface area contributed by atoms with Crippen LogP contribution in [0.3, 0.4) is 0 Å². The van der Waals surface area contributed by atoms with Gasteiger partial charge in [-0.05, 0) is 37.3 Å². The van der Waals surface area contributed by atoms with Gasteiger partial charge in [-0.25, -0.2) is 9.78 Å². The van der Waals surface area contributed by atoms with E-state index in [-0.39, 0.29) is 16.9 Å². The minimum atomic E-state index is -0.743. The van der Waals surface area contributed by atoms with Crippen molar-refractivity contribution in [2.24, 2.45) is 0 Å². The largest absolute Gasteiger partial charge is 0.493 e. The van der Waals surface area contributed by atoms with Crippen LogP contribution in [0.25, 0.3) is 10.9 Å². The fourth-order valence-corrected chi connectivity index (χ4v) is 2.64. The molecular weight excluding hydrogens is 360 g/mol. The highest BCUT2D eigenvalue weighted by Gasteiger charge is 2.18. The standard InChI is InChI=1S/C21H20N2O5/c1-4-11-27-17-10-9-14(12-18(17)26-3)21(25)28-13(2)19-22-16-8-6-5-7-15(16)20(24)23-19/h4-10,12-13H,1,11H2,2-3H3,(H,22,23,24). The number of aromatic amines is 1. The molecule has 0 aliphatic carbocycles. The van der Waals surface area contributed by atoms with Gasteiger partial charge >= 0.3 is 5.97 Å². The Morgan fingerprint density at radius 1 is 1.25 bits per heavy atom. The van der Waals surface area contributed by atoms with Crippen LogP contribution in [0.4, 0.5) is 0 Å². The summed E-state index contributed by atoms with van der Waals surface area (Å²) in [5.41, 5.74) is 0.543. The van der Waals surface area contributed by atoms with Crippen LogP contribution in [0.1, 0.15) is 29.2 Å². The van der Waals surface area contributed by atoms with Crippen LogP contribution in [0, 0.1) is 0 Å². The first kappa shape index (κ1) is 19.2. The molecule has 1 atom stereocenters. The summed E-state index contributed by atoms with van der Waals surface area (Å²) in [5, 5.41) is 0.477. The summed E-state index contributed by atoms with van der Waals surface area (Å²) in [6.07, 6.45) is 0.869. The summed E-state index contributed by atoms with van der Waals surface area (Å²) < 4.78 is 16.2. The number of fused-ring (bicyclic) bond motifs is 1. The van der Waals surface area contributed by atoms with Crippen molar-refractivity contribution in [3.05, 3.63) is 76.9 Å². The van der Waals surface area contributed by atoms with E-state index < -0.39 is 12.1 Å². The van der Waals surface area contributed by atoms with E-state index in [2.05, 4.69) is 16.5 Å². The summed E-state index contributed by atoms with van der Waals surface area (Å²) in [4.78, 5) is 31.8. The molecule has 3 aromatic rings. The van der Waals surface area contributed by atoms with Gasteiger partial charge in [-0.2, -0.15) is 0 Å². The highest BCUT2D eigenvalue weighted by atomic mass is 16.5. The molecule has 0 bridgehead atoms. The molecule has 1 unspecified atom stereocenters. The van der Waals surface area contributed by atoms with Crippen molar-refractivity contribution in [3.8, 4) is 11.5 Å². The average molecular weight is 380 g/mol. The van der Waals surface area contributed by atoms with Gasteiger partial charge in [0.15, 0.2) is 23.4 Å². The third-order valence-electron chi connectivity index (χ3n) is 4.06. The Labute approximate surface area is 161 Å². The molecular formula is C21H20N2O5. The maximum absolute atomic E-state index is 12.5. The summed E-state index contributed by atoms with van der Waals surface area (Å²) in [5.74, 6) is 0.598. The van der Waals surface area contributed by atoms with Gasteiger partial charge in [-0.1, -0.05) is 24.8 Å². The van der Waals surface area contributed by atoms with Gasteiger partial charge < -0.3 is 19.2 Å². The van der Waals surface area contributed by atoms with Crippen molar-refractivity contribution in [1.29, 1.82) is 0 Å². The first-order valence-electron chi connectivity index (χ1n) is 8.65. The molecule has 2 aromatic carbocycles. The quantitative estimate of drug-likeness (QED) is 0.499. The number of carbonyl (C=O) groups excluding carboxylic acids is 1. The predicted octanol–water partition coefficient (Wildman–Crippen LogP) is 3.41. The molecule has 0 spiro atoms. The molecule has 144 valence electrons. The fraction of sp³-hybridized carbons (Fsp3) is 0.190. The molecule has 0 aliphatic heterocycles. The van der Waals surface area contributed by atoms with Gasteiger partial charge in [-0.3, -0.25) is 4.79 Å². The second-order valence-corrected chi connectivity index (χ2v) is 5.98. The van der Waals surface area contributed by atoms with Gasteiger partial charge in [0.25, 0.3) is 5.56 Å². The fourth-order valence-electron chi connectivity index (χ4n) is 2.64. The number of carbonyl (C=O) groups is 1. The Kier molecular flexibility index (Phi) is 5.74. The Balaban J connectivity index is 1.80. The molecule has 1 heterocycles. The molecule has 0 saturated carbocycles. The number of para-hydroxylation sites is 1. The Morgan fingerprint density at radius 2 is 2.04 bits per heavy atom. The van der Waals surface area contributed by atoms with E-state index in [0.717, 1.165) is 0 Å². The zero-order valence-corrected chi connectivity index (χ0v) is 15.6. The number of hydrogen-bond donors (Lipinski definition) is 1. The lowest BCUT2D eigenvalue weighted by atomic mass is 10.2. The summed E-state index contributed by atoms with van der Waals surface area (Å²) in [6.45, 7) is 5.55. The van der Waals surface area contributed by atoms with Crippen molar-refractivity contribution < 1.29 is 19.0 Å². The normalized spacial score (nSPS) is 11.6. The number of esters is 1. The average Bonchev–Trinajstić information content (AvgIpc) is 2.71. The predicted molar refractivity (Wildman–Crippen MR) is 105 cm³/mol. The van der Waals surface area contributed by atoms with Crippen molar-refractivity contribution in [1.82, 2.24) is 9.97 Å². The molecule has 1 aromatic heterocycles. The van der Waals surface area contributed by atoms with Crippen molar-refractivity contribution >= 4 is 16.9 Å². The molecule has 28 heavy (non-hydrogen) atoms. The first-order chi connectivity index (χ1) is 13.5. The second kappa shape index (κ2) is 8.39. The highest BCUT2D eigenvalue weighted by molar-refractivity contribution is 5.90. The SMILES string of the molecule is C=CCOc1ccc(C(=O)OC(C)c2nc3ccccc3c(=O)[nH]2)cc1OC. The maximum Gasteiger partial charge on any atom is 0.338 e. The molecule has 0 aliphatic rings. The van der Waals surface area contributed by atoms with Crippen LogP contribution >= 0.6 is 0 Å². The molecule has 3 rings (SSSR count). The van der Waals surface area contributed by atoms with E-state index >= 15 is 0 Å². The first-order valence-corrected chi connectivity index (χ1v) is 8.65. The molecule has 7 heteroatoms. The van der Waals surface area contributed by atoms with Gasteiger partial charge in [-0.15, -0.1) is 0 Å². The van der Waals surface area contributed by atoms with Gasteiger partial charge in [0.2, 0.25) is 0 Å². The van der Waals surface area contributed by atoms with Crippen LogP contribution < -0.4 is 15.0 Å². The van der Waals surface area contributed by atoms with Crippen LogP contribution in [0.15, 0.2) is 59.9 Å². The lowest BCUT2D eigenvalue weighted by molar-refractivity contribution is 0.0319. The van der Waals surface area contributed by atoms with Crippen molar-refractivity contribution in [2.45, 2.75) is 13.0 Å². The molecule has 0 saturated heterocycles. The third-order valence-corrected chi connectivity index (χ3v) is 4.06. The molecule has 0 amide bonds. The number of ether oxygens (including phenoxy) is 3. The monoisotopic (exact) mass is 380 g/mol. The number of aromatic nitrogens is 2. The maximum atomic E-state index is 12.5. The van der Waals surface area contributed by atoms with E-state index in [1.165, 1.54) is 13.2 Å². The van der Waals surface area contributed by atoms with Crippen molar-refractivity contribution in [2.75, 3.05) is 13.7 Å². The van der Waals surface area contributed by atoms with E-state index in [0.29, 0.717) is 29.0 Å². The minimum absolute atomic E-state index is 0.273. The van der Waals surface area contributed by atoms with Crippen LogP contribution in [0.2, 0.25) is 0 Å². The molecule has 0 radical (unpaired) electrons. The smallest absolute Gasteiger partial charge is 0.338 e. The van der Waals surface area contributed by atoms with E-state index in [1.54, 1.807) is 49.4 Å². The van der Waals surface area contributed by atoms with Gasteiger partial charge in [0.1, 0.15) is 6.61 Å². The van der Waals surface area contributed by atoms with E-state index in [1.807, 2.05) is 0 Å². The highest BCUT2D eigenvalue weighted by Crippen LogP contribution is 2.29. The molecule has 1 N–H and O–H groups in total. The number of methoxy groups -OCH3 is 1. The zero-order valence-electron chi connectivity index (χ0n) is 15.6. The summed E-state index contributed by atoms with van der Waals surface area (Å²) >= 11 is 0. The molecule has 0 fully saturated rings. The van der Waals surface area contributed by atoms with E-state index in [4.69, 9.17) is 14.2 Å². The number of rotatable bonds is 7. The third kappa shape index (κ3) is 4.03. The molecule has 7 nitrogen and oxygen atoms in total. The number of hydrogen-bond acceptors (Lipinski definition) is 6. The Bertz CT molecular complexity index is 1070. The van der Waals surface area contributed by atoms with E-state index in [9.17, 15) is 9.59 Å². The lowest BCUT2D eigenvalue weighted by Crippen LogP contribution is -2.17. The van der Waals surface area contributed by atoms with Crippen molar-refractivity contribution in [3.63, 3.8) is 0 Å². The number of nitrogens with zero attached hydrogens (tertiary/aromatic N) is 1. The Hall–Kier alpha value is -3.61. The topological polar surface area (TPSA) is 90.5 Å². The summed E-state index contributed by atoms with van der Waals surface area (Å²) in [7, 11) is 1.48. The number of benzene rings is 2. The second-order valence-electron chi connectivity index (χ2n) is 5.98. The number of nitrogens with one attached hydrogen (secondary N) is 1. The summed E-state index contributed by atoms with van der Waals surface area (Å²) in [6, 6.07) is 11.7. The lowest BCUT2D eigenvalue weighted by Gasteiger charge is -2.14. The Morgan fingerprint density at radius 3 is 2.79 bits per heavy atom. The van der Waals surface area contributed by atoms with Crippen LogP contribution in [-0.2, 0) is 4.74 Å².